The van der Waals surface area contributed by atoms with Crippen molar-refractivity contribution in [2.24, 2.45) is 17.6 Å². The van der Waals surface area contributed by atoms with E-state index in [1.165, 1.54) is 0 Å². The molecule has 0 spiro atoms. The van der Waals surface area contributed by atoms with Crippen LogP contribution in [0.25, 0.3) is 0 Å². The summed E-state index contributed by atoms with van der Waals surface area (Å²) < 4.78 is 0. The van der Waals surface area contributed by atoms with Gasteiger partial charge in [0.2, 0.25) is 0 Å². The molecule has 84 valence electrons. The molecular formula is C13H15NO2. The Labute approximate surface area is 94.3 Å². The van der Waals surface area contributed by atoms with Crippen molar-refractivity contribution in [2.75, 3.05) is 0 Å². The second-order valence-corrected chi connectivity index (χ2v) is 5.07. The van der Waals surface area contributed by atoms with Gasteiger partial charge in [0, 0.05) is 6.04 Å². The van der Waals surface area contributed by atoms with Gasteiger partial charge in [-0.3, -0.25) is 4.79 Å². The summed E-state index contributed by atoms with van der Waals surface area (Å²) in [7, 11) is 0. The summed E-state index contributed by atoms with van der Waals surface area (Å²) in [6.45, 7) is 0. The van der Waals surface area contributed by atoms with Crippen molar-refractivity contribution >= 4 is 5.97 Å². The Kier molecular flexibility index (Phi) is 1.89. The second-order valence-electron chi connectivity index (χ2n) is 5.07. The Hall–Kier alpha value is -1.35. The first-order valence-corrected chi connectivity index (χ1v) is 5.70. The number of carboxylic acid groups (broad SMARTS) is 1. The first-order valence-electron chi connectivity index (χ1n) is 5.70. The molecule has 2 fully saturated rings. The van der Waals surface area contributed by atoms with Crippen molar-refractivity contribution in [2.45, 2.75) is 24.3 Å². The molecule has 1 aromatic carbocycles. The SMILES string of the molecule is NC1C2CC(C(=O)O)(c3ccccc3)CC12. The average molecular weight is 217 g/mol. The standard InChI is InChI=1S/C13H15NO2/c14-11-9-6-13(12(15)16,7-10(9)11)8-4-2-1-3-5-8/h1-5,9-11H,6-7,14H2,(H,15,16). The van der Waals surface area contributed by atoms with Crippen molar-refractivity contribution in [3.05, 3.63) is 35.9 Å². The van der Waals surface area contributed by atoms with Gasteiger partial charge in [-0.15, -0.1) is 0 Å². The minimum absolute atomic E-state index is 0.246. The summed E-state index contributed by atoms with van der Waals surface area (Å²) in [5.74, 6) is 0.158. The Morgan fingerprint density at radius 2 is 1.81 bits per heavy atom. The molecule has 0 bridgehead atoms. The lowest BCUT2D eigenvalue weighted by Crippen LogP contribution is -2.36. The van der Waals surface area contributed by atoms with E-state index >= 15 is 0 Å². The van der Waals surface area contributed by atoms with Crippen LogP contribution in [0.15, 0.2) is 30.3 Å². The van der Waals surface area contributed by atoms with Crippen LogP contribution in [-0.4, -0.2) is 17.1 Å². The predicted molar refractivity (Wildman–Crippen MR) is 59.9 cm³/mol. The van der Waals surface area contributed by atoms with Crippen LogP contribution in [0.3, 0.4) is 0 Å². The minimum Gasteiger partial charge on any atom is -0.481 e. The molecule has 0 saturated heterocycles. The lowest BCUT2D eigenvalue weighted by Gasteiger charge is -2.27. The summed E-state index contributed by atoms with van der Waals surface area (Å²) in [6.07, 6.45) is 1.41. The summed E-state index contributed by atoms with van der Waals surface area (Å²) in [6, 6.07) is 9.82. The Morgan fingerprint density at radius 1 is 1.25 bits per heavy atom. The highest BCUT2D eigenvalue weighted by molar-refractivity contribution is 5.82. The largest absolute Gasteiger partial charge is 0.481 e. The Morgan fingerprint density at radius 3 is 2.31 bits per heavy atom. The second kappa shape index (κ2) is 3.08. The summed E-state index contributed by atoms with van der Waals surface area (Å²) in [4.78, 5) is 11.6. The van der Waals surface area contributed by atoms with E-state index in [1.807, 2.05) is 30.3 Å². The van der Waals surface area contributed by atoms with Gasteiger partial charge in [0.15, 0.2) is 0 Å². The molecule has 3 nitrogen and oxygen atoms in total. The first kappa shape index (κ1) is 9.85. The van der Waals surface area contributed by atoms with E-state index in [0.29, 0.717) is 24.7 Å². The van der Waals surface area contributed by atoms with Gasteiger partial charge in [-0.1, -0.05) is 30.3 Å². The molecule has 16 heavy (non-hydrogen) atoms. The molecule has 0 aliphatic heterocycles. The van der Waals surface area contributed by atoms with Crippen LogP contribution in [-0.2, 0) is 10.2 Å². The molecule has 0 aromatic heterocycles. The van der Waals surface area contributed by atoms with Crippen LogP contribution in [0.5, 0.6) is 0 Å². The maximum atomic E-state index is 11.6. The number of rotatable bonds is 2. The zero-order valence-corrected chi connectivity index (χ0v) is 8.97. The number of benzene rings is 1. The van der Waals surface area contributed by atoms with Crippen molar-refractivity contribution in [1.82, 2.24) is 0 Å². The quantitative estimate of drug-likeness (QED) is 0.786. The highest BCUT2D eigenvalue weighted by Gasteiger charge is 2.63. The fraction of sp³-hybridized carbons (Fsp3) is 0.462. The molecule has 3 rings (SSSR count). The molecule has 2 unspecified atom stereocenters. The third kappa shape index (κ3) is 1.15. The van der Waals surface area contributed by atoms with Crippen LogP contribution >= 0.6 is 0 Å². The van der Waals surface area contributed by atoms with Crippen molar-refractivity contribution in [3.63, 3.8) is 0 Å². The van der Waals surface area contributed by atoms with E-state index in [9.17, 15) is 9.90 Å². The number of hydrogen-bond donors (Lipinski definition) is 2. The molecule has 3 heteroatoms. The number of aliphatic carboxylic acids is 1. The highest BCUT2D eigenvalue weighted by atomic mass is 16.4. The van der Waals surface area contributed by atoms with Crippen molar-refractivity contribution in [1.29, 1.82) is 0 Å². The van der Waals surface area contributed by atoms with Crippen LogP contribution in [0.4, 0.5) is 0 Å². The number of hydrogen-bond acceptors (Lipinski definition) is 2. The zero-order valence-electron chi connectivity index (χ0n) is 8.97. The molecule has 2 aliphatic rings. The number of nitrogens with two attached hydrogens (primary N) is 1. The van der Waals surface area contributed by atoms with Crippen molar-refractivity contribution < 1.29 is 9.90 Å². The molecule has 2 aliphatic carbocycles. The topological polar surface area (TPSA) is 63.3 Å². The van der Waals surface area contributed by atoms with Gasteiger partial charge >= 0.3 is 5.97 Å². The van der Waals surface area contributed by atoms with Crippen LogP contribution in [0.1, 0.15) is 18.4 Å². The Bertz CT molecular complexity index is 417. The first-order chi connectivity index (χ1) is 7.65. The van der Waals surface area contributed by atoms with E-state index in [4.69, 9.17) is 5.73 Å². The molecule has 2 atom stereocenters. The summed E-state index contributed by atoms with van der Waals surface area (Å²) in [5.41, 5.74) is 6.14. The molecule has 0 radical (unpaired) electrons. The van der Waals surface area contributed by atoms with Gasteiger partial charge in [-0.2, -0.15) is 0 Å². The summed E-state index contributed by atoms with van der Waals surface area (Å²) >= 11 is 0. The van der Waals surface area contributed by atoms with Gasteiger partial charge in [0.05, 0.1) is 5.41 Å². The van der Waals surface area contributed by atoms with Crippen molar-refractivity contribution in [3.8, 4) is 0 Å². The van der Waals surface area contributed by atoms with Crippen LogP contribution in [0.2, 0.25) is 0 Å². The van der Waals surface area contributed by atoms with Gasteiger partial charge < -0.3 is 10.8 Å². The van der Waals surface area contributed by atoms with E-state index < -0.39 is 11.4 Å². The van der Waals surface area contributed by atoms with Gasteiger partial charge in [-0.25, -0.2) is 0 Å². The average Bonchev–Trinajstić information content (AvgIpc) is 2.77. The maximum absolute atomic E-state index is 11.6. The Balaban J connectivity index is 1.98. The highest BCUT2D eigenvalue weighted by Crippen LogP contribution is 2.59. The third-order valence-corrected chi connectivity index (χ3v) is 4.30. The molecule has 0 heterocycles. The lowest BCUT2D eigenvalue weighted by atomic mass is 9.76. The van der Waals surface area contributed by atoms with Gasteiger partial charge in [0.1, 0.15) is 0 Å². The number of carbonyl (C=O) groups is 1. The monoisotopic (exact) mass is 217 g/mol. The smallest absolute Gasteiger partial charge is 0.314 e. The number of fused-ring (bicyclic) bond motifs is 1. The van der Waals surface area contributed by atoms with Crippen LogP contribution in [0, 0.1) is 11.8 Å². The fourth-order valence-electron chi connectivity index (χ4n) is 3.23. The van der Waals surface area contributed by atoms with E-state index in [1.54, 1.807) is 0 Å². The summed E-state index contributed by atoms with van der Waals surface area (Å²) in [5, 5.41) is 9.50. The molecular weight excluding hydrogens is 202 g/mol. The molecule has 1 aromatic rings. The zero-order chi connectivity index (χ0) is 11.3. The van der Waals surface area contributed by atoms with E-state index in [2.05, 4.69) is 0 Å². The third-order valence-electron chi connectivity index (χ3n) is 4.30. The lowest BCUT2D eigenvalue weighted by molar-refractivity contribution is -0.144. The maximum Gasteiger partial charge on any atom is 0.314 e. The molecule has 2 saturated carbocycles. The van der Waals surface area contributed by atoms with E-state index in [0.717, 1.165) is 5.56 Å². The van der Waals surface area contributed by atoms with Crippen LogP contribution < -0.4 is 5.73 Å². The fourth-order valence-corrected chi connectivity index (χ4v) is 3.23. The molecule has 0 amide bonds. The van der Waals surface area contributed by atoms with Gasteiger partial charge in [0.25, 0.3) is 0 Å². The predicted octanol–water partition coefficient (Wildman–Crippen LogP) is 1.38. The number of carboxylic acids is 1. The minimum atomic E-state index is -0.696. The van der Waals surface area contributed by atoms with Gasteiger partial charge in [-0.05, 0) is 30.2 Å². The normalized spacial score (nSPS) is 40.4. The van der Waals surface area contributed by atoms with E-state index in [-0.39, 0.29) is 6.04 Å². The molecule has 3 N–H and O–H groups in total.